The van der Waals surface area contributed by atoms with Gasteiger partial charge in [-0.15, -0.1) is 0 Å². The van der Waals surface area contributed by atoms with Crippen LogP contribution in [0.15, 0.2) is 36.4 Å². The van der Waals surface area contributed by atoms with Crippen LogP contribution in [0.4, 0.5) is 4.39 Å². The Morgan fingerprint density at radius 2 is 1.89 bits per heavy atom. The number of hydrogen-bond donors (Lipinski definition) is 2. The highest BCUT2D eigenvalue weighted by atomic mass is 19.1. The number of carbonyl (C=O) groups is 3. The lowest BCUT2D eigenvalue weighted by molar-refractivity contribution is -0.139. The van der Waals surface area contributed by atoms with Crippen molar-refractivity contribution < 1.29 is 29.0 Å². The minimum atomic E-state index is -1.24. The van der Waals surface area contributed by atoms with E-state index in [2.05, 4.69) is 0 Å². The van der Waals surface area contributed by atoms with E-state index in [0.29, 0.717) is 13.0 Å². The molecule has 1 amide bonds. The Bertz CT molecular complexity index is 744. The zero-order valence-corrected chi connectivity index (χ0v) is 16.0. The maximum Gasteiger partial charge on any atom is 0.305 e. The number of aliphatic hydroxyl groups is 1. The van der Waals surface area contributed by atoms with Crippen LogP contribution in [0.3, 0.4) is 0 Å². The summed E-state index contributed by atoms with van der Waals surface area (Å²) in [5.41, 5.74) is 0.792. The molecule has 0 spiro atoms. The van der Waals surface area contributed by atoms with E-state index in [1.807, 2.05) is 13.8 Å². The van der Waals surface area contributed by atoms with Crippen molar-refractivity contribution in [3.05, 3.63) is 47.8 Å². The van der Waals surface area contributed by atoms with Crippen molar-refractivity contribution in [3.63, 3.8) is 0 Å². The fraction of sp³-hybridized carbons (Fsp3) is 0.476. The second-order valence-electron chi connectivity index (χ2n) is 7.53. The Morgan fingerprint density at radius 1 is 1.25 bits per heavy atom. The summed E-state index contributed by atoms with van der Waals surface area (Å²) in [5.74, 6) is -1.70. The number of likely N-dealkylation sites (tertiary alicyclic amines) is 1. The average molecular weight is 391 g/mol. The van der Waals surface area contributed by atoms with Gasteiger partial charge < -0.3 is 15.1 Å². The van der Waals surface area contributed by atoms with E-state index < -0.39 is 24.3 Å². The molecule has 0 saturated carbocycles. The summed E-state index contributed by atoms with van der Waals surface area (Å²) in [6.07, 6.45) is 1.33. The Labute approximate surface area is 163 Å². The van der Waals surface area contributed by atoms with Crippen LogP contribution in [0.1, 0.15) is 38.7 Å². The fourth-order valence-corrected chi connectivity index (χ4v) is 3.47. The van der Waals surface area contributed by atoms with Crippen molar-refractivity contribution in [1.29, 1.82) is 0 Å². The van der Waals surface area contributed by atoms with Gasteiger partial charge in [-0.1, -0.05) is 32.1 Å². The number of rotatable bonds is 9. The third kappa shape index (κ3) is 5.99. The average Bonchev–Trinajstić information content (AvgIpc) is 2.90. The highest BCUT2D eigenvalue weighted by molar-refractivity contribution is 5.90. The van der Waals surface area contributed by atoms with Gasteiger partial charge in [-0.25, -0.2) is 4.39 Å². The summed E-state index contributed by atoms with van der Waals surface area (Å²) in [4.78, 5) is 36.9. The van der Waals surface area contributed by atoms with Gasteiger partial charge in [-0.2, -0.15) is 0 Å². The second-order valence-corrected chi connectivity index (χ2v) is 7.53. The van der Waals surface area contributed by atoms with E-state index in [0.717, 1.165) is 5.56 Å². The van der Waals surface area contributed by atoms with Crippen LogP contribution in [0.5, 0.6) is 0 Å². The molecule has 2 rings (SSSR count). The van der Waals surface area contributed by atoms with Gasteiger partial charge in [0.25, 0.3) is 0 Å². The number of carboxylic acids is 1. The third-order valence-corrected chi connectivity index (χ3v) is 4.98. The maximum absolute atomic E-state index is 13.1. The predicted molar refractivity (Wildman–Crippen MR) is 101 cm³/mol. The van der Waals surface area contributed by atoms with E-state index in [1.54, 1.807) is 23.1 Å². The molecule has 0 unspecified atom stereocenters. The molecule has 2 N–H and O–H groups in total. The molecule has 1 saturated heterocycles. The zero-order chi connectivity index (χ0) is 20.8. The standard InChI is InChI=1S/C21H26FNO5/c1-13(2)18-11-20(26)23(12-14-3-5-15(22)6-4-14)19(18)8-7-16(24)9-17(25)10-21(27)28/h3-8,13,17-19,25H,9-12H2,1-2H3,(H,27,28)/b8-7+/t17-,18-,19-/m1/s1. The lowest BCUT2D eigenvalue weighted by Crippen LogP contribution is -2.34. The number of allylic oxidation sites excluding steroid dienone is 1. The van der Waals surface area contributed by atoms with Crippen molar-refractivity contribution in [2.75, 3.05) is 0 Å². The number of ketones is 1. The summed E-state index contributed by atoms with van der Waals surface area (Å²) in [6.45, 7) is 4.34. The van der Waals surface area contributed by atoms with Gasteiger partial charge in [0, 0.05) is 19.4 Å². The van der Waals surface area contributed by atoms with Crippen LogP contribution in [-0.4, -0.2) is 44.9 Å². The van der Waals surface area contributed by atoms with Gasteiger partial charge in [0.1, 0.15) is 5.82 Å². The molecule has 6 nitrogen and oxygen atoms in total. The first kappa shape index (κ1) is 21.8. The number of carboxylic acid groups (broad SMARTS) is 1. The molecular weight excluding hydrogens is 365 g/mol. The first-order valence-electron chi connectivity index (χ1n) is 9.32. The molecule has 1 fully saturated rings. The first-order valence-corrected chi connectivity index (χ1v) is 9.32. The lowest BCUT2D eigenvalue weighted by Gasteiger charge is -2.27. The normalized spacial score (nSPS) is 20.9. The Balaban J connectivity index is 2.12. The van der Waals surface area contributed by atoms with Gasteiger partial charge in [0.05, 0.1) is 18.6 Å². The molecule has 28 heavy (non-hydrogen) atoms. The molecule has 1 aromatic rings. The van der Waals surface area contributed by atoms with Gasteiger partial charge in [0.2, 0.25) is 5.91 Å². The smallest absolute Gasteiger partial charge is 0.305 e. The monoisotopic (exact) mass is 391 g/mol. The van der Waals surface area contributed by atoms with E-state index >= 15 is 0 Å². The van der Waals surface area contributed by atoms with E-state index in [9.17, 15) is 23.9 Å². The molecule has 0 radical (unpaired) electrons. The van der Waals surface area contributed by atoms with Gasteiger partial charge in [-0.3, -0.25) is 14.4 Å². The van der Waals surface area contributed by atoms with Gasteiger partial charge in [0.15, 0.2) is 5.78 Å². The minimum Gasteiger partial charge on any atom is -0.481 e. The van der Waals surface area contributed by atoms with E-state index in [1.165, 1.54) is 18.2 Å². The highest BCUT2D eigenvalue weighted by Gasteiger charge is 2.39. The van der Waals surface area contributed by atoms with Crippen LogP contribution >= 0.6 is 0 Å². The Kier molecular flexibility index (Phi) is 7.45. The first-order chi connectivity index (χ1) is 13.2. The number of aliphatic carboxylic acids is 1. The summed E-state index contributed by atoms with van der Waals surface area (Å²) in [6, 6.07) is 5.64. The van der Waals surface area contributed by atoms with E-state index in [-0.39, 0.29) is 36.0 Å². The molecule has 152 valence electrons. The van der Waals surface area contributed by atoms with E-state index in [4.69, 9.17) is 5.11 Å². The summed E-state index contributed by atoms with van der Waals surface area (Å²) in [7, 11) is 0. The van der Waals surface area contributed by atoms with Crippen molar-refractivity contribution in [2.45, 2.75) is 51.8 Å². The molecule has 0 bridgehead atoms. The number of carbonyl (C=O) groups excluding carboxylic acids is 2. The number of hydrogen-bond acceptors (Lipinski definition) is 4. The molecule has 3 atom stereocenters. The van der Waals surface area contributed by atoms with Crippen LogP contribution in [0.2, 0.25) is 0 Å². The molecule has 1 aliphatic heterocycles. The second kappa shape index (κ2) is 9.59. The molecule has 0 aliphatic carbocycles. The molecular formula is C21H26FNO5. The molecule has 7 heteroatoms. The van der Waals surface area contributed by atoms with Crippen molar-refractivity contribution in [1.82, 2.24) is 4.90 Å². The Morgan fingerprint density at radius 3 is 2.46 bits per heavy atom. The predicted octanol–water partition coefficient (Wildman–Crippen LogP) is 2.55. The van der Waals surface area contributed by atoms with Crippen molar-refractivity contribution >= 4 is 17.7 Å². The van der Waals surface area contributed by atoms with Gasteiger partial charge in [-0.05, 0) is 35.6 Å². The summed E-state index contributed by atoms with van der Waals surface area (Å²) in [5, 5.41) is 18.3. The molecule has 1 aliphatic rings. The number of nitrogens with zero attached hydrogens (tertiary/aromatic N) is 1. The van der Waals surface area contributed by atoms with Crippen molar-refractivity contribution in [3.8, 4) is 0 Å². The topological polar surface area (TPSA) is 94.9 Å². The third-order valence-electron chi connectivity index (χ3n) is 4.98. The largest absolute Gasteiger partial charge is 0.481 e. The molecule has 1 heterocycles. The van der Waals surface area contributed by atoms with Crippen LogP contribution in [0.25, 0.3) is 0 Å². The number of aliphatic hydroxyl groups excluding tert-OH is 1. The molecule has 0 aromatic heterocycles. The minimum absolute atomic E-state index is 0.0286. The SMILES string of the molecule is CC(C)[C@H]1CC(=O)N(Cc2ccc(F)cc2)[C@@H]1/C=C/C(=O)C[C@@H](O)CC(=O)O. The number of halogens is 1. The van der Waals surface area contributed by atoms with Crippen LogP contribution < -0.4 is 0 Å². The van der Waals surface area contributed by atoms with Crippen LogP contribution in [-0.2, 0) is 20.9 Å². The Hall–Kier alpha value is -2.54. The molecule has 1 aromatic carbocycles. The van der Waals surface area contributed by atoms with Gasteiger partial charge >= 0.3 is 5.97 Å². The lowest BCUT2D eigenvalue weighted by atomic mass is 9.88. The number of amides is 1. The van der Waals surface area contributed by atoms with Crippen molar-refractivity contribution in [2.24, 2.45) is 11.8 Å². The maximum atomic E-state index is 13.1. The highest BCUT2D eigenvalue weighted by Crippen LogP contribution is 2.33. The number of benzene rings is 1. The van der Waals surface area contributed by atoms with Crippen LogP contribution in [0, 0.1) is 17.7 Å². The summed E-state index contributed by atoms with van der Waals surface area (Å²) >= 11 is 0. The quantitative estimate of drug-likeness (QED) is 0.631. The fourth-order valence-electron chi connectivity index (χ4n) is 3.47. The zero-order valence-electron chi connectivity index (χ0n) is 16.0. The summed E-state index contributed by atoms with van der Waals surface area (Å²) < 4.78 is 13.1.